The molecule has 0 aromatic carbocycles. The van der Waals surface area contributed by atoms with E-state index in [1.807, 2.05) is 0 Å². The maximum absolute atomic E-state index is 4.87. The maximum atomic E-state index is 4.87. The standard InChI is InChI=1S/C2H2Cl2.C2H3Cl/c3-1-2-4;1-2-3/h1-2H;2H,1H2/b2-1+;. The van der Waals surface area contributed by atoms with Crippen LogP contribution in [0.3, 0.4) is 0 Å². The van der Waals surface area contributed by atoms with Crippen molar-refractivity contribution in [2.75, 3.05) is 0 Å². The molecule has 0 aromatic heterocycles. The molecule has 0 unspecified atom stereocenters. The summed E-state index contributed by atoms with van der Waals surface area (Å²) in [7, 11) is 0. The number of hydrogen-bond acceptors (Lipinski definition) is 0. The van der Waals surface area contributed by atoms with Crippen LogP contribution in [0, 0.1) is 0 Å². The predicted octanol–water partition coefficient (Wildman–Crippen LogP) is 3.30. The lowest BCUT2D eigenvalue weighted by molar-refractivity contribution is 2.51. The third-order valence-electron chi connectivity index (χ3n) is 0.0476. The first-order chi connectivity index (χ1) is 3.33. The first-order valence-electron chi connectivity index (χ1n) is 1.40. The van der Waals surface area contributed by atoms with Gasteiger partial charge in [-0.2, -0.15) is 0 Å². The summed E-state index contributed by atoms with van der Waals surface area (Å²) in [5, 5.41) is 0. The summed E-state index contributed by atoms with van der Waals surface area (Å²) >= 11 is 14.5. The van der Waals surface area contributed by atoms with Crippen LogP contribution in [0.4, 0.5) is 0 Å². The van der Waals surface area contributed by atoms with Crippen LogP contribution < -0.4 is 0 Å². The summed E-state index contributed by atoms with van der Waals surface area (Å²) < 4.78 is 0. The van der Waals surface area contributed by atoms with E-state index < -0.39 is 0 Å². The highest BCUT2D eigenvalue weighted by Crippen LogP contribution is 1.78. The van der Waals surface area contributed by atoms with Crippen molar-refractivity contribution in [2.45, 2.75) is 0 Å². The van der Waals surface area contributed by atoms with Gasteiger partial charge in [-0.1, -0.05) is 41.4 Å². The number of halogens is 3. The van der Waals surface area contributed by atoms with Crippen LogP contribution >= 0.6 is 34.8 Å². The summed E-state index contributed by atoms with van der Waals surface area (Å²) in [6.45, 7) is 3.13. The minimum Gasteiger partial charge on any atom is -0.0936 e. The van der Waals surface area contributed by atoms with Gasteiger partial charge in [-0.3, -0.25) is 0 Å². The van der Waals surface area contributed by atoms with Crippen molar-refractivity contribution in [3.63, 3.8) is 0 Å². The van der Waals surface area contributed by atoms with Crippen LogP contribution in [-0.2, 0) is 0 Å². The molecule has 0 aliphatic heterocycles. The minimum atomic E-state index is 1.22. The van der Waals surface area contributed by atoms with Crippen molar-refractivity contribution in [1.29, 1.82) is 0 Å². The van der Waals surface area contributed by atoms with Gasteiger partial charge in [0.1, 0.15) is 0 Å². The Morgan fingerprint density at radius 1 is 1.00 bits per heavy atom. The largest absolute Gasteiger partial charge is 0.0936 e. The highest BCUT2D eigenvalue weighted by molar-refractivity contribution is 6.33. The Morgan fingerprint density at radius 2 is 1.14 bits per heavy atom. The van der Waals surface area contributed by atoms with E-state index in [0.717, 1.165) is 0 Å². The molecule has 0 heterocycles. The van der Waals surface area contributed by atoms with E-state index in [1.165, 1.54) is 16.6 Å². The van der Waals surface area contributed by atoms with Gasteiger partial charge in [0.25, 0.3) is 0 Å². The Bertz CT molecular complexity index is 44.9. The molecule has 0 aliphatic rings. The SMILES string of the molecule is C=CCl.Cl/C=C/Cl. The third-order valence-corrected chi connectivity index (χ3v) is 0.429. The van der Waals surface area contributed by atoms with Gasteiger partial charge in [0, 0.05) is 11.1 Å². The van der Waals surface area contributed by atoms with Crippen LogP contribution in [0.2, 0.25) is 0 Å². The fraction of sp³-hybridized carbons (Fsp3) is 0. The fourth-order valence-corrected chi connectivity index (χ4v) is 0. The molecule has 42 valence electrons. The molecule has 0 atom stereocenters. The smallest absolute Gasteiger partial charge is 0.0156 e. The van der Waals surface area contributed by atoms with Gasteiger partial charge >= 0.3 is 0 Å². The normalized spacial score (nSPS) is 7.29. The molecule has 0 bridgehead atoms. The van der Waals surface area contributed by atoms with E-state index in [9.17, 15) is 0 Å². The van der Waals surface area contributed by atoms with E-state index in [-0.39, 0.29) is 0 Å². The van der Waals surface area contributed by atoms with Crippen LogP contribution in [0.15, 0.2) is 23.2 Å². The zero-order chi connectivity index (χ0) is 6.12. The second-order valence-corrected chi connectivity index (χ2v) is 1.22. The van der Waals surface area contributed by atoms with Gasteiger partial charge in [-0.05, 0) is 5.54 Å². The maximum Gasteiger partial charge on any atom is 0.0156 e. The zero-order valence-corrected chi connectivity index (χ0v) is 5.84. The monoisotopic (exact) mass is 158 g/mol. The molecule has 3 heteroatoms. The lowest BCUT2D eigenvalue weighted by Crippen LogP contribution is -1.11. The lowest BCUT2D eigenvalue weighted by Gasteiger charge is -1.44. The Balaban J connectivity index is 0. The molecule has 0 saturated heterocycles. The quantitative estimate of drug-likeness (QED) is 0.509. The van der Waals surface area contributed by atoms with Crippen molar-refractivity contribution in [1.82, 2.24) is 0 Å². The second-order valence-electron chi connectivity index (χ2n) is 0.406. The van der Waals surface area contributed by atoms with Gasteiger partial charge in [-0.25, -0.2) is 0 Å². The molecule has 7 heavy (non-hydrogen) atoms. The highest BCUT2D eigenvalue weighted by Gasteiger charge is 1.40. The molecule has 0 rings (SSSR count). The summed E-state index contributed by atoms with van der Waals surface area (Å²) in [6.07, 6.45) is 0. The summed E-state index contributed by atoms with van der Waals surface area (Å²) in [4.78, 5) is 0. The van der Waals surface area contributed by atoms with Gasteiger partial charge in [0.15, 0.2) is 0 Å². The average molecular weight is 159 g/mol. The van der Waals surface area contributed by atoms with E-state index in [1.54, 1.807) is 0 Å². The van der Waals surface area contributed by atoms with E-state index in [4.69, 9.17) is 34.8 Å². The van der Waals surface area contributed by atoms with Gasteiger partial charge < -0.3 is 0 Å². The van der Waals surface area contributed by atoms with E-state index in [0.29, 0.717) is 0 Å². The zero-order valence-electron chi connectivity index (χ0n) is 3.57. The van der Waals surface area contributed by atoms with E-state index >= 15 is 0 Å². The topological polar surface area (TPSA) is 0 Å². The molecule has 0 fully saturated rings. The molecule has 0 spiro atoms. The number of hydrogen-bond donors (Lipinski definition) is 0. The van der Waals surface area contributed by atoms with Crippen molar-refractivity contribution in [2.24, 2.45) is 0 Å². The average Bonchev–Trinajstić information content (AvgIpc) is 1.69. The van der Waals surface area contributed by atoms with E-state index in [2.05, 4.69) is 6.58 Å². The molecule has 0 radical (unpaired) electrons. The Hall–Kier alpha value is 0.350. The molecule has 0 aromatic rings. The minimum absolute atomic E-state index is 1.22. The van der Waals surface area contributed by atoms with Crippen LogP contribution in [0.5, 0.6) is 0 Å². The Morgan fingerprint density at radius 3 is 1.14 bits per heavy atom. The highest BCUT2D eigenvalue weighted by atomic mass is 35.5. The van der Waals surface area contributed by atoms with Crippen LogP contribution in [0.25, 0.3) is 0 Å². The summed E-state index contributed by atoms with van der Waals surface area (Å²) in [5.74, 6) is 0. The lowest BCUT2D eigenvalue weighted by atomic mass is 11.3. The van der Waals surface area contributed by atoms with Crippen LogP contribution in [-0.4, -0.2) is 0 Å². The predicted molar refractivity (Wildman–Crippen MR) is 36.9 cm³/mol. The van der Waals surface area contributed by atoms with Crippen molar-refractivity contribution in [3.05, 3.63) is 23.2 Å². The molecule has 0 amide bonds. The van der Waals surface area contributed by atoms with Crippen molar-refractivity contribution in [3.8, 4) is 0 Å². The Labute approximate surface area is 58.4 Å². The van der Waals surface area contributed by atoms with Crippen LogP contribution in [0.1, 0.15) is 0 Å². The van der Waals surface area contributed by atoms with Gasteiger partial charge in [0.2, 0.25) is 0 Å². The van der Waals surface area contributed by atoms with Crippen molar-refractivity contribution >= 4 is 34.8 Å². The molecule has 0 aliphatic carbocycles. The van der Waals surface area contributed by atoms with Gasteiger partial charge in [-0.15, -0.1) is 0 Å². The Kier molecular flexibility index (Phi) is 24.0. The second kappa shape index (κ2) is 16.2. The molecule has 0 saturated carbocycles. The molecule has 0 N–H and O–H groups in total. The third kappa shape index (κ3) is 65.9. The van der Waals surface area contributed by atoms with Gasteiger partial charge in [0.05, 0.1) is 0 Å². The first kappa shape index (κ1) is 10.4. The van der Waals surface area contributed by atoms with Crippen molar-refractivity contribution < 1.29 is 0 Å². The molecular weight excluding hydrogens is 154 g/mol. The summed E-state index contributed by atoms with van der Waals surface area (Å²) in [6, 6.07) is 0. The number of rotatable bonds is 0. The fourth-order valence-electron chi connectivity index (χ4n) is 0. The summed E-state index contributed by atoms with van der Waals surface area (Å²) in [5.41, 5.74) is 3.70. The molecule has 0 nitrogen and oxygen atoms in total. The first-order valence-corrected chi connectivity index (χ1v) is 2.71. The molecular formula is C4H5Cl3.